The van der Waals surface area contributed by atoms with Crippen LogP contribution in [0.1, 0.15) is 10.4 Å². The summed E-state index contributed by atoms with van der Waals surface area (Å²) in [6.45, 7) is 0. The summed E-state index contributed by atoms with van der Waals surface area (Å²) in [6, 6.07) is 4.35. The van der Waals surface area contributed by atoms with Crippen LogP contribution in [0.3, 0.4) is 0 Å². The van der Waals surface area contributed by atoms with E-state index in [1.807, 2.05) is 0 Å². The number of carbonyl (C=O) groups is 1. The number of carboxylic acids is 1. The van der Waals surface area contributed by atoms with Gasteiger partial charge in [0.15, 0.2) is 5.03 Å². The summed E-state index contributed by atoms with van der Waals surface area (Å²) in [5.41, 5.74) is -1.15. The van der Waals surface area contributed by atoms with Crippen molar-refractivity contribution in [2.24, 2.45) is 14.1 Å². The first-order valence-electron chi connectivity index (χ1n) is 5.66. The van der Waals surface area contributed by atoms with Crippen molar-refractivity contribution in [2.45, 2.75) is 9.92 Å². The van der Waals surface area contributed by atoms with Gasteiger partial charge in [0.2, 0.25) is 0 Å². The highest BCUT2D eigenvalue weighted by Gasteiger charge is 2.14. The summed E-state index contributed by atoms with van der Waals surface area (Å²) in [6.07, 6.45) is 0. The average Bonchev–Trinajstić information content (AvgIpc) is 2.44. The summed E-state index contributed by atoms with van der Waals surface area (Å²) in [4.78, 5) is 35.0. The third-order valence-electron chi connectivity index (χ3n) is 2.67. The van der Waals surface area contributed by atoms with Gasteiger partial charge in [-0.1, -0.05) is 23.4 Å². The Labute approximate surface area is 127 Å². The minimum absolute atomic E-state index is 0.0664. The highest BCUT2D eigenvalue weighted by atomic mass is 35.5. The second-order valence-electron chi connectivity index (χ2n) is 4.12. The molecule has 110 valence electrons. The quantitative estimate of drug-likeness (QED) is 0.903. The molecule has 1 N–H and O–H groups in total. The lowest BCUT2D eigenvalue weighted by Gasteiger charge is -2.06. The Hall–Kier alpha value is -2.06. The van der Waals surface area contributed by atoms with Crippen LogP contribution in [0, 0.1) is 0 Å². The molecule has 0 fully saturated rings. The minimum Gasteiger partial charge on any atom is -0.478 e. The molecule has 21 heavy (non-hydrogen) atoms. The van der Waals surface area contributed by atoms with Crippen molar-refractivity contribution in [3.63, 3.8) is 0 Å². The van der Waals surface area contributed by atoms with Crippen molar-refractivity contribution >= 4 is 29.3 Å². The first-order chi connectivity index (χ1) is 9.81. The zero-order valence-corrected chi connectivity index (χ0v) is 12.6. The molecule has 0 unspecified atom stereocenters. The van der Waals surface area contributed by atoms with Crippen LogP contribution >= 0.6 is 23.4 Å². The molecule has 2 aromatic rings. The highest BCUT2D eigenvalue weighted by molar-refractivity contribution is 7.99. The van der Waals surface area contributed by atoms with Crippen LogP contribution < -0.4 is 11.2 Å². The van der Waals surface area contributed by atoms with Gasteiger partial charge in [0.1, 0.15) is 0 Å². The standard InChI is InChI=1S/C12H10ClN3O4S/c1-15-10(17)9(14-16(2)12(15)20)21-6-3-4-8(13)7(5-6)11(18)19/h3-5H,1-2H3,(H,18,19). The first kappa shape index (κ1) is 15.3. The molecule has 1 aromatic heterocycles. The summed E-state index contributed by atoms with van der Waals surface area (Å²) >= 11 is 6.75. The molecule has 0 aliphatic rings. The molecule has 7 nitrogen and oxygen atoms in total. The van der Waals surface area contributed by atoms with Gasteiger partial charge >= 0.3 is 11.7 Å². The van der Waals surface area contributed by atoms with E-state index in [9.17, 15) is 14.4 Å². The molecule has 0 spiro atoms. The molecule has 0 saturated heterocycles. The van der Waals surface area contributed by atoms with Crippen LogP contribution in [0.4, 0.5) is 0 Å². The molecule has 1 aromatic carbocycles. The Bertz CT molecular complexity index is 843. The summed E-state index contributed by atoms with van der Waals surface area (Å²) < 4.78 is 1.97. The number of hydrogen-bond donors (Lipinski definition) is 1. The third kappa shape index (κ3) is 3.01. The van der Waals surface area contributed by atoms with E-state index >= 15 is 0 Å². The summed E-state index contributed by atoms with van der Waals surface area (Å²) in [5, 5.41) is 13.1. The summed E-state index contributed by atoms with van der Waals surface area (Å²) in [7, 11) is 2.78. The van der Waals surface area contributed by atoms with Crippen molar-refractivity contribution in [1.82, 2.24) is 14.3 Å². The van der Waals surface area contributed by atoms with E-state index in [0.717, 1.165) is 21.0 Å². The zero-order chi connectivity index (χ0) is 15.7. The van der Waals surface area contributed by atoms with Crippen LogP contribution in [0.2, 0.25) is 5.02 Å². The zero-order valence-electron chi connectivity index (χ0n) is 11.0. The van der Waals surface area contributed by atoms with Gasteiger partial charge in [-0.05, 0) is 18.2 Å². The first-order valence-corrected chi connectivity index (χ1v) is 6.85. The molecule has 0 saturated carbocycles. The number of rotatable bonds is 3. The third-order valence-corrected chi connectivity index (χ3v) is 3.94. The van der Waals surface area contributed by atoms with Gasteiger partial charge < -0.3 is 5.11 Å². The van der Waals surface area contributed by atoms with Crippen molar-refractivity contribution in [3.05, 3.63) is 49.6 Å². The molecular formula is C12H10ClN3O4S. The van der Waals surface area contributed by atoms with Crippen LogP contribution in [-0.4, -0.2) is 25.4 Å². The predicted molar refractivity (Wildman–Crippen MR) is 77.3 cm³/mol. The fraction of sp³-hybridized carbons (Fsp3) is 0.167. The molecule has 2 rings (SSSR count). The average molecular weight is 328 g/mol. The molecule has 0 radical (unpaired) electrons. The van der Waals surface area contributed by atoms with Gasteiger partial charge in [-0.25, -0.2) is 14.3 Å². The Kier molecular flexibility index (Phi) is 4.19. The number of aromatic carboxylic acids is 1. The Morgan fingerprint density at radius 2 is 2.00 bits per heavy atom. The van der Waals surface area contributed by atoms with Crippen molar-refractivity contribution in [1.29, 1.82) is 0 Å². The van der Waals surface area contributed by atoms with Gasteiger partial charge in [0.05, 0.1) is 10.6 Å². The molecule has 9 heteroatoms. The van der Waals surface area contributed by atoms with Gasteiger partial charge in [0.25, 0.3) is 5.56 Å². The normalized spacial score (nSPS) is 10.6. The lowest BCUT2D eigenvalue weighted by Crippen LogP contribution is -2.39. The molecule has 0 aliphatic carbocycles. The Balaban J connectivity index is 2.49. The highest BCUT2D eigenvalue weighted by Crippen LogP contribution is 2.27. The largest absolute Gasteiger partial charge is 0.478 e. The van der Waals surface area contributed by atoms with E-state index in [2.05, 4.69) is 5.10 Å². The van der Waals surface area contributed by atoms with E-state index in [1.54, 1.807) is 6.07 Å². The van der Waals surface area contributed by atoms with Gasteiger partial charge in [0, 0.05) is 19.0 Å². The lowest BCUT2D eigenvalue weighted by molar-refractivity contribution is 0.0697. The van der Waals surface area contributed by atoms with Crippen LogP contribution in [0.25, 0.3) is 0 Å². The maximum absolute atomic E-state index is 12.0. The molecule has 1 heterocycles. The van der Waals surface area contributed by atoms with E-state index in [1.165, 1.54) is 26.2 Å². The van der Waals surface area contributed by atoms with Crippen LogP contribution in [0.15, 0.2) is 37.7 Å². The van der Waals surface area contributed by atoms with E-state index in [-0.39, 0.29) is 15.6 Å². The Morgan fingerprint density at radius 3 is 2.62 bits per heavy atom. The second-order valence-corrected chi connectivity index (χ2v) is 5.59. The number of aryl methyl sites for hydroxylation is 1. The fourth-order valence-corrected chi connectivity index (χ4v) is 2.70. The van der Waals surface area contributed by atoms with Crippen LogP contribution in [-0.2, 0) is 14.1 Å². The van der Waals surface area contributed by atoms with E-state index < -0.39 is 17.2 Å². The monoisotopic (exact) mass is 327 g/mol. The number of hydrogen-bond acceptors (Lipinski definition) is 5. The second kappa shape index (κ2) is 5.74. The number of benzene rings is 1. The molecule has 0 bridgehead atoms. The SMILES string of the molecule is Cn1nc(Sc2ccc(Cl)c(C(=O)O)c2)c(=O)n(C)c1=O. The van der Waals surface area contributed by atoms with Crippen LogP contribution in [0.5, 0.6) is 0 Å². The number of nitrogens with zero attached hydrogens (tertiary/aromatic N) is 3. The Morgan fingerprint density at radius 1 is 1.33 bits per heavy atom. The van der Waals surface area contributed by atoms with Crippen molar-refractivity contribution in [3.8, 4) is 0 Å². The van der Waals surface area contributed by atoms with E-state index in [4.69, 9.17) is 16.7 Å². The summed E-state index contributed by atoms with van der Waals surface area (Å²) in [5.74, 6) is -1.16. The van der Waals surface area contributed by atoms with Gasteiger partial charge in [-0.3, -0.25) is 9.36 Å². The predicted octanol–water partition coefficient (Wildman–Crippen LogP) is 0.982. The van der Waals surface area contributed by atoms with Gasteiger partial charge in [-0.15, -0.1) is 0 Å². The number of aromatic nitrogens is 3. The number of carboxylic acid groups (broad SMARTS) is 1. The topological polar surface area (TPSA) is 94.2 Å². The molecular weight excluding hydrogens is 318 g/mol. The molecule has 0 atom stereocenters. The van der Waals surface area contributed by atoms with E-state index in [0.29, 0.717) is 4.90 Å². The minimum atomic E-state index is -1.16. The smallest absolute Gasteiger partial charge is 0.346 e. The maximum Gasteiger partial charge on any atom is 0.346 e. The molecule has 0 aliphatic heterocycles. The molecule has 0 amide bonds. The van der Waals surface area contributed by atoms with Gasteiger partial charge in [-0.2, -0.15) is 5.10 Å². The maximum atomic E-state index is 12.0. The lowest BCUT2D eigenvalue weighted by atomic mass is 10.2. The number of halogens is 1. The van der Waals surface area contributed by atoms with Crippen molar-refractivity contribution in [2.75, 3.05) is 0 Å². The van der Waals surface area contributed by atoms with Crippen molar-refractivity contribution < 1.29 is 9.90 Å². The fourth-order valence-electron chi connectivity index (χ4n) is 1.58.